The summed E-state index contributed by atoms with van der Waals surface area (Å²) >= 11 is 0. The van der Waals surface area contributed by atoms with Crippen LogP contribution in [0.2, 0.25) is 19.6 Å². The van der Waals surface area contributed by atoms with Crippen molar-refractivity contribution in [2.24, 2.45) is 4.66 Å². The molecule has 1 rings (SSSR count). The molecule has 0 amide bonds. The second-order valence-electron chi connectivity index (χ2n) is 5.64. The summed E-state index contributed by atoms with van der Waals surface area (Å²) in [6.07, 6.45) is 1.07. The molecule has 0 bridgehead atoms. The minimum Gasteiger partial charge on any atom is -0.472 e. The Hall–Kier alpha value is -0.536. The topological polar surface area (TPSA) is 35.7 Å². The number of nitrogens with zero attached hydrogens (tertiary/aromatic N) is 2. The number of benzene rings is 1. The van der Waals surface area contributed by atoms with Crippen LogP contribution in [-0.2, 0) is 4.74 Å². The molecule has 0 saturated carbocycles. The van der Waals surface area contributed by atoms with Crippen LogP contribution in [0, 0.1) is 0 Å². The molecule has 0 aromatic heterocycles. The Morgan fingerprint density at radius 1 is 1.05 bits per heavy atom. The van der Waals surface area contributed by atoms with Gasteiger partial charge in [0.25, 0.3) is 0 Å². The van der Waals surface area contributed by atoms with E-state index in [-0.39, 0.29) is 18.9 Å². The molecule has 0 fully saturated rings. The molecule has 0 aliphatic heterocycles. The summed E-state index contributed by atoms with van der Waals surface area (Å²) in [5.41, 5.74) is 1.14. The van der Waals surface area contributed by atoms with Gasteiger partial charge in [0.1, 0.15) is 0 Å². The molecule has 0 N–H and O–H groups in total. The fourth-order valence-electron chi connectivity index (χ4n) is 1.52. The van der Waals surface area contributed by atoms with Crippen LogP contribution in [0.3, 0.4) is 0 Å². The standard InChI is InChI=1S/C13H21N2Si.C4H10O.Li/c1-5-11-14-13(15-16(2,3)4)12-9-7-6-8-10-12;1-3-5-4-2;/h6-10H,5,11H2,1-4H3;3-4H2,1-2H3;/q-1;;+1. The number of amidine groups is 1. The zero-order valence-electron chi connectivity index (χ0n) is 15.5. The van der Waals surface area contributed by atoms with Crippen LogP contribution in [-0.4, -0.2) is 33.8 Å². The van der Waals surface area contributed by atoms with Gasteiger partial charge in [-0.3, -0.25) is 0 Å². The van der Waals surface area contributed by atoms with Gasteiger partial charge in [-0.2, -0.15) is 0 Å². The van der Waals surface area contributed by atoms with Crippen molar-refractivity contribution in [2.75, 3.05) is 19.8 Å². The van der Waals surface area contributed by atoms with Gasteiger partial charge in [-0.25, -0.2) is 0 Å². The van der Waals surface area contributed by atoms with Crippen molar-refractivity contribution < 1.29 is 23.6 Å². The summed E-state index contributed by atoms with van der Waals surface area (Å²) in [6, 6.07) is 10.3. The summed E-state index contributed by atoms with van der Waals surface area (Å²) in [7, 11) is -1.46. The molecule has 0 unspecified atom stereocenters. The van der Waals surface area contributed by atoms with Gasteiger partial charge < -0.3 is 14.7 Å². The normalized spacial score (nSPS) is 11.1. The van der Waals surface area contributed by atoms with Crippen LogP contribution in [0.15, 0.2) is 35.0 Å². The van der Waals surface area contributed by atoms with Crippen molar-refractivity contribution >= 4 is 14.1 Å². The molecule has 0 atom stereocenters. The van der Waals surface area contributed by atoms with E-state index in [4.69, 9.17) is 9.39 Å². The van der Waals surface area contributed by atoms with Crippen molar-refractivity contribution in [1.82, 2.24) is 0 Å². The van der Waals surface area contributed by atoms with Crippen molar-refractivity contribution in [3.05, 3.63) is 41.2 Å². The third-order valence-corrected chi connectivity index (χ3v) is 3.25. The molecular formula is C17H31LiN2OSi. The van der Waals surface area contributed by atoms with E-state index in [0.717, 1.165) is 37.6 Å². The van der Waals surface area contributed by atoms with Gasteiger partial charge in [0.15, 0.2) is 0 Å². The van der Waals surface area contributed by atoms with Gasteiger partial charge in [0.2, 0.25) is 0 Å². The van der Waals surface area contributed by atoms with Crippen LogP contribution >= 0.6 is 0 Å². The van der Waals surface area contributed by atoms with E-state index in [1.165, 1.54) is 0 Å². The summed E-state index contributed by atoms with van der Waals surface area (Å²) in [5.74, 6) is 0.932. The fraction of sp³-hybridized carbons (Fsp3) is 0.588. The molecule has 0 aliphatic carbocycles. The first-order valence-corrected chi connectivity index (χ1v) is 11.3. The Balaban J connectivity index is 0. The van der Waals surface area contributed by atoms with E-state index in [1.807, 2.05) is 32.0 Å². The molecular weight excluding hydrogens is 283 g/mol. The maximum Gasteiger partial charge on any atom is 1.00 e. The molecule has 0 aliphatic rings. The average Bonchev–Trinajstić information content (AvgIpc) is 2.45. The second-order valence-corrected chi connectivity index (χ2v) is 10.2. The number of rotatable bonds is 6. The largest absolute Gasteiger partial charge is 1.00 e. The van der Waals surface area contributed by atoms with E-state index >= 15 is 0 Å². The minimum atomic E-state index is -1.46. The van der Waals surface area contributed by atoms with Crippen LogP contribution in [0.4, 0.5) is 0 Å². The Morgan fingerprint density at radius 2 is 1.59 bits per heavy atom. The molecule has 0 spiro atoms. The Labute approximate surface area is 150 Å². The predicted octanol–water partition coefficient (Wildman–Crippen LogP) is 2.10. The second kappa shape index (κ2) is 14.1. The summed E-state index contributed by atoms with van der Waals surface area (Å²) in [6.45, 7) is 15.4. The summed E-state index contributed by atoms with van der Waals surface area (Å²) in [4.78, 5) is 0. The molecule has 5 heteroatoms. The first-order chi connectivity index (χ1) is 9.94. The Morgan fingerprint density at radius 3 is 1.95 bits per heavy atom. The van der Waals surface area contributed by atoms with Crippen molar-refractivity contribution in [2.45, 2.75) is 46.8 Å². The zero-order valence-corrected chi connectivity index (χ0v) is 16.5. The molecule has 1 aromatic rings. The van der Waals surface area contributed by atoms with Crippen molar-refractivity contribution in [3.8, 4) is 0 Å². The monoisotopic (exact) mass is 314 g/mol. The molecule has 0 saturated heterocycles. The fourth-order valence-corrected chi connectivity index (χ4v) is 2.35. The number of ether oxygens (including phenoxy) is 1. The average molecular weight is 314 g/mol. The Bertz CT molecular complexity index is 389. The van der Waals surface area contributed by atoms with Gasteiger partial charge in [-0.1, -0.05) is 75.7 Å². The van der Waals surface area contributed by atoms with Crippen LogP contribution in [0.25, 0.3) is 5.32 Å². The minimum absolute atomic E-state index is 0. The van der Waals surface area contributed by atoms with Crippen LogP contribution < -0.4 is 18.9 Å². The molecule has 0 radical (unpaired) electrons. The van der Waals surface area contributed by atoms with Gasteiger partial charge >= 0.3 is 18.9 Å². The molecule has 120 valence electrons. The zero-order chi connectivity index (χ0) is 16.1. The summed E-state index contributed by atoms with van der Waals surface area (Å²) < 4.78 is 9.64. The van der Waals surface area contributed by atoms with E-state index in [0.29, 0.717) is 0 Å². The van der Waals surface area contributed by atoms with Gasteiger partial charge in [-0.15, -0.1) is 0 Å². The SMILES string of the molecule is CCC[N-]/C(=N/[Si](C)(C)C)c1ccccc1.CCOCC.[Li+]. The van der Waals surface area contributed by atoms with Gasteiger partial charge in [-0.05, 0) is 19.4 Å². The number of hydrogen-bond acceptors (Lipinski definition) is 2. The van der Waals surface area contributed by atoms with E-state index in [9.17, 15) is 0 Å². The van der Waals surface area contributed by atoms with E-state index in [2.05, 4.69) is 44.0 Å². The molecule has 1 aromatic carbocycles. The first kappa shape index (κ1) is 23.7. The summed E-state index contributed by atoms with van der Waals surface area (Å²) in [5, 5.41) is 4.58. The van der Waals surface area contributed by atoms with E-state index in [1.54, 1.807) is 0 Å². The van der Waals surface area contributed by atoms with Gasteiger partial charge in [0.05, 0.1) is 0 Å². The van der Waals surface area contributed by atoms with Crippen LogP contribution in [0.1, 0.15) is 32.8 Å². The van der Waals surface area contributed by atoms with Gasteiger partial charge in [0, 0.05) is 21.4 Å². The van der Waals surface area contributed by atoms with E-state index < -0.39 is 8.24 Å². The van der Waals surface area contributed by atoms with Crippen LogP contribution in [0.5, 0.6) is 0 Å². The quantitative estimate of drug-likeness (QED) is 0.450. The van der Waals surface area contributed by atoms with Crippen molar-refractivity contribution in [1.29, 1.82) is 0 Å². The maximum absolute atomic E-state index is 4.83. The van der Waals surface area contributed by atoms with Crippen molar-refractivity contribution in [3.63, 3.8) is 0 Å². The maximum atomic E-state index is 4.83. The third kappa shape index (κ3) is 13.1. The molecule has 0 heterocycles. The number of hydrogen-bond donors (Lipinski definition) is 0. The molecule has 22 heavy (non-hydrogen) atoms. The third-order valence-electron chi connectivity index (χ3n) is 2.37. The molecule has 3 nitrogen and oxygen atoms in total. The predicted molar refractivity (Wildman–Crippen MR) is 97.0 cm³/mol. The smallest absolute Gasteiger partial charge is 0.472 e. The first-order valence-electron chi connectivity index (χ1n) is 7.85. The Kier molecular flexibility index (Phi) is 15.2.